The molecule has 6 heteroatoms. The zero-order valence-electron chi connectivity index (χ0n) is 20.2. The maximum absolute atomic E-state index is 13.1. The molecule has 178 valence electrons. The first-order valence-corrected chi connectivity index (χ1v) is 12.6. The Morgan fingerprint density at radius 3 is 2.51 bits per heavy atom. The van der Waals surface area contributed by atoms with Gasteiger partial charge in [0.25, 0.3) is 0 Å². The SMILES string of the molecule is CN1CCN(c2ccc(Nc3ncc4c(n3)C(C3CCc5ccccc5C3)C(=O)C=C4)cc2)CC1. The van der Waals surface area contributed by atoms with E-state index in [9.17, 15) is 4.79 Å². The number of aromatic nitrogens is 2. The third kappa shape index (κ3) is 4.46. The average Bonchev–Trinajstić information content (AvgIpc) is 2.89. The summed E-state index contributed by atoms with van der Waals surface area (Å²) in [6.45, 7) is 4.27. The number of ketones is 1. The standard InChI is InChI=1S/C29H31N5O/c1-33-14-16-34(17-15-33)25-11-9-24(10-12-25)31-29-30-19-23-8-13-26(35)27(28(23)32-29)22-7-6-20-4-2-3-5-21(20)18-22/h2-5,8-13,19,22,27H,6-7,14-18H2,1H3,(H,30,31,32). The third-order valence-electron chi connectivity index (χ3n) is 7.72. The molecule has 6 rings (SSSR count). The zero-order valence-corrected chi connectivity index (χ0v) is 20.2. The second-order valence-electron chi connectivity index (χ2n) is 9.98. The summed E-state index contributed by atoms with van der Waals surface area (Å²) >= 11 is 0. The first-order chi connectivity index (χ1) is 17.1. The number of rotatable bonds is 4. The van der Waals surface area contributed by atoms with Crippen LogP contribution in [0.3, 0.4) is 0 Å². The molecule has 1 fully saturated rings. The monoisotopic (exact) mass is 465 g/mol. The Balaban J connectivity index is 1.21. The molecule has 2 atom stereocenters. The predicted octanol–water partition coefficient (Wildman–Crippen LogP) is 4.46. The molecule has 3 aromatic rings. The molecule has 2 heterocycles. The molecule has 0 bridgehead atoms. The van der Waals surface area contributed by atoms with Crippen molar-refractivity contribution in [2.45, 2.75) is 25.2 Å². The van der Waals surface area contributed by atoms with Crippen LogP contribution in [0.15, 0.2) is 60.8 Å². The minimum Gasteiger partial charge on any atom is -0.369 e. The molecule has 0 amide bonds. The van der Waals surface area contributed by atoms with Gasteiger partial charge in [0, 0.05) is 49.3 Å². The van der Waals surface area contributed by atoms with Crippen molar-refractivity contribution in [3.8, 4) is 0 Å². The van der Waals surface area contributed by atoms with Gasteiger partial charge in [-0.2, -0.15) is 0 Å². The number of likely N-dealkylation sites (N-methyl/N-ethyl adjacent to an activating group) is 1. The Hall–Kier alpha value is -3.51. The number of fused-ring (bicyclic) bond motifs is 2. The highest BCUT2D eigenvalue weighted by molar-refractivity contribution is 6.01. The van der Waals surface area contributed by atoms with Gasteiger partial charge in [-0.1, -0.05) is 24.3 Å². The van der Waals surface area contributed by atoms with E-state index < -0.39 is 0 Å². The molecule has 1 aromatic heterocycles. The normalized spacial score (nSPS) is 22.0. The Morgan fingerprint density at radius 2 is 1.71 bits per heavy atom. The molecule has 2 aliphatic carbocycles. The summed E-state index contributed by atoms with van der Waals surface area (Å²) in [6.07, 6.45) is 8.34. The number of allylic oxidation sites excluding steroid dienone is 1. The first-order valence-electron chi connectivity index (χ1n) is 12.6. The van der Waals surface area contributed by atoms with Gasteiger partial charge in [-0.25, -0.2) is 9.97 Å². The van der Waals surface area contributed by atoms with E-state index >= 15 is 0 Å². The second-order valence-corrected chi connectivity index (χ2v) is 9.98. The van der Waals surface area contributed by atoms with Gasteiger partial charge in [0.15, 0.2) is 5.78 Å². The van der Waals surface area contributed by atoms with Crippen LogP contribution >= 0.6 is 0 Å². The molecular formula is C29H31N5O. The number of aryl methyl sites for hydroxylation is 1. The fourth-order valence-corrected chi connectivity index (χ4v) is 5.67. The molecule has 6 nitrogen and oxygen atoms in total. The highest BCUT2D eigenvalue weighted by Gasteiger charge is 2.35. The van der Waals surface area contributed by atoms with Gasteiger partial charge in [0.2, 0.25) is 5.95 Å². The Bertz CT molecular complexity index is 1260. The molecular weight excluding hydrogens is 434 g/mol. The van der Waals surface area contributed by atoms with Gasteiger partial charge in [0.1, 0.15) is 0 Å². The summed E-state index contributed by atoms with van der Waals surface area (Å²) < 4.78 is 0. The molecule has 1 saturated heterocycles. The molecule has 3 aliphatic rings. The van der Waals surface area contributed by atoms with Gasteiger partial charge in [-0.15, -0.1) is 0 Å². The van der Waals surface area contributed by atoms with Gasteiger partial charge in [-0.3, -0.25) is 4.79 Å². The molecule has 1 N–H and O–H groups in total. The van der Waals surface area contributed by atoms with E-state index in [1.54, 1.807) is 6.08 Å². The van der Waals surface area contributed by atoms with Crippen LogP contribution in [0, 0.1) is 5.92 Å². The zero-order chi connectivity index (χ0) is 23.8. The minimum absolute atomic E-state index is 0.156. The average molecular weight is 466 g/mol. The largest absolute Gasteiger partial charge is 0.369 e. The van der Waals surface area contributed by atoms with Crippen LogP contribution in [0.25, 0.3) is 6.08 Å². The van der Waals surface area contributed by atoms with Gasteiger partial charge < -0.3 is 15.1 Å². The van der Waals surface area contributed by atoms with Crippen LogP contribution in [-0.2, 0) is 17.6 Å². The van der Waals surface area contributed by atoms with Crippen LogP contribution in [0.1, 0.15) is 34.7 Å². The van der Waals surface area contributed by atoms with Gasteiger partial charge in [0.05, 0.1) is 11.6 Å². The summed E-state index contributed by atoms with van der Waals surface area (Å²) in [4.78, 5) is 27.3. The lowest BCUT2D eigenvalue weighted by Gasteiger charge is -2.34. The van der Waals surface area contributed by atoms with Crippen molar-refractivity contribution in [1.29, 1.82) is 0 Å². The molecule has 0 saturated carbocycles. The van der Waals surface area contributed by atoms with E-state index in [2.05, 4.69) is 75.7 Å². The number of piperazine rings is 1. The second kappa shape index (κ2) is 9.27. The molecule has 0 radical (unpaired) electrons. The lowest BCUT2D eigenvalue weighted by atomic mass is 9.72. The number of benzene rings is 2. The van der Waals surface area contributed by atoms with Crippen molar-refractivity contribution >= 4 is 29.2 Å². The predicted molar refractivity (Wildman–Crippen MR) is 140 cm³/mol. The van der Waals surface area contributed by atoms with Crippen molar-refractivity contribution in [3.63, 3.8) is 0 Å². The number of anilines is 3. The van der Waals surface area contributed by atoms with E-state index in [0.29, 0.717) is 5.95 Å². The van der Waals surface area contributed by atoms with Crippen molar-refractivity contribution in [2.24, 2.45) is 5.92 Å². The maximum atomic E-state index is 13.1. The highest BCUT2D eigenvalue weighted by Crippen LogP contribution is 2.39. The Kier molecular flexibility index (Phi) is 5.82. The van der Waals surface area contributed by atoms with E-state index in [0.717, 1.165) is 62.4 Å². The third-order valence-corrected chi connectivity index (χ3v) is 7.72. The van der Waals surface area contributed by atoms with Crippen LogP contribution in [0.4, 0.5) is 17.3 Å². The van der Waals surface area contributed by atoms with E-state index in [1.165, 1.54) is 16.8 Å². The van der Waals surface area contributed by atoms with Crippen molar-refractivity contribution in [2.75, 3.05) is 43.4 Å². The molecule has 2 aromatic carbocycles. The summed E-state index contributed by atoms with van der Waals surface area (Å²) in [6, 6.07) is 17.1. The van der Waals surface area contributed by atoms with Crippen molar-refractivity contribution in [1.82, 2.24) is 14.9 Å². The number of carbonyl (C=O) groups is 1. The minimum atomic E-state index is -0.216. The number of carbonyl (C=O) groups excluding carboxylic acids is 1. The topological polar surface area (TPSA) is 61.4 Å². The molecule has 2 unspecified atom stereocenters. The lowest BCUT2D eigenvalue weighted by Crippen LogP contribution is -2.44. The fraction of sp³-hybridized carbons (Fsp3) is 0.345. The van der Waals surface area contributed by atoms with Crippen molar-refractivity contribution in [3.05, 3.63) is 83.2 Å². The van der Waals surface area contributed by atoms with Crippen LogP contribution < -0.4 is 10.2 Å². The molecule has 0 spiro atoms. The molecule has 1 aliphatic heterocycles. The van der Waals surface area contributed by atoms with E-state index in [-0.39, 0.29) is 17.6 Å². The Labute approximate surface area is 206 Å². The van der Waals surface area contributed by atoms with Crippen molar-refractivity contribution < 1.29 is 4.79 Å². The van der Waals surface area contributed by atoms with Crippen LogP contribution in [0.2, 0.25) is 0 Å². The molecule has 35 heavy (non-hydrogen) atoms. The number of nitrogens with one attached hydrogen (secondary N) is 1. The summed E-state index contributed by atoms with van der Waals surface area (Å²) in [7, 11) is 2.17. The van der Waals surface area contributed by atoms with E-state index in [1.807, 2.05) is 12.3 Å². The summed E-state index contributed by atoms with van der Waals surface area (Å²) in [5.41, 5.74) is 6.76. The quantitative estimate of drug-likeness (QED) is 0.614. The van der Waals surface area contributed by atoms with Crippen LogP contribution in [-0.4, -0.2) is 53.9 Å². The summed E-state index contributed by atoms with van der Waals surface area (Å²) in [5, 5.41) is 3.36. The smallest absolute Gasteiger partial charge is 0.227 e. The number of nitrogens with zero attached hydrogens (tertiary/aromatic N) is 4. The number of hydrogen-bond donors (Lipinski definition) is 1. The van der Waals surface area contributed by atoms with E-state index in [4.69, 9.17) is 4.98 Å². The fourth-order valence-electron chi connectivity index (χ4n) is 5.67. The highest BCUT2D eigenvalue weighted by atomic mass is 16.1. The first kappa shape index (κ1) is 22.0. The van der Waals surface area contributed by atoms with Crippen LogP contribution in [0.5, 0.6) is 0 Å². The lowest BCUT2D eigenvalue weighted by molar-refractivity contribution is -0.117. The Morgan fingerprint density at radius 1 is 0.943 bits per heavy atom. The maximum Gasteiger partial charge on any atom is 0.227 e. The number of hydrogen-bond acceptors (Lipinski definition) is 6. The van der Waals surface area contributed by atoms with Gasteiger partial charge >= 0.3 is 0 Å². The van der Waals surface area contributed by atoms with Gasteiger partial charge in [-0.05, 0) is 79.8 Å². The summed E-state index contributed by atoms with van der Waals surface area (Å²) in [5.74, 6) is 0.738.